The number of alkyl halides is 2. The van der Waals surface area contributed by atoms with Gasteiger partial charge in [-0.25, -0.2) is 0 Å². The monoisotopic (exact) mass is 291 g/mol. The summed E-state index contributed by atoms with van der Waals surface area (Å²) in [6.07, 6.45) is 1.83. The quantitative estimate of drug-likeness (QED) is 0.847. The van der Waals surface area contributed by atoms with E-state index in [0.717, 1.165) is 22.4 Å². The van der Waals surface area contributed by atoms with Crippen LogP contribution >= 0.6 is 34.8 Å². The molecule has 0 saturated heterocycles. The van der Waals surface area contributed by atoms with Crippen molar-refractivity contribution < 1.29 is 4.79 Å². The Morgan fingerprint density at radius 3 is 2.47 bits per heavy atom. The first kappa shape index (κ1) is 13.0. The highest BCUT2D eigenvalue weighted by atomic mass is 35.5. The lowest BCUT2D eigenvalue weighted by atomic mass is 9.95. The Labute approximate surface area is 115 Å². The van der Waals surface area contributed by atoms with E-state index >= 15 is 0 Å². The van der Waals surface area contributed by atoms with Gasteiger partial charge in [-0.3, -0.25) is 4.79 Å². The molecule has 92 valence electrons. The maximum Gasteiger partial charge on any atom is 0.228 e. The Bertz CT molecular complexity index is 460. The molecule has 0 fully saturated rings. The van der Waals surface area contributed by atoms with Crippen molar-refractivity contribution in [3.05, 3.63) is 27.8 Å². The zero-order chi connectivity index (χ0) is 12.4. The van der Waals surface area contributed by atoms with Gasteiger partial charge in [0.05, 0.1) is 6.42 Å². The third-order valence-corrected chi connectivity index (χ3v) is 3.63. The molecule has 5 heteroatoms. The molecule has 0 spiro atoms. The molecule has 1 aliphatic rings. The van der Waals surface area contributed by atoms with E-state index in [4.69, 9.17) is 34.8 Å². The van der Waals surface area contributed by atoms with Crippen LogP contribution in [0.3, 0.4) is 0 Å². The van der Waals surface area contributed by atoms with Crippen LogP contribution in [-0.2, 0) is 24.1 Å². The fourth-order valence-corrected chi connectivity index (χ4v) is 2.91. The molecule has 0 aromatic heterocycles. The van der Waals surface area contributed by atoms with Gasteiger partial charge in [0.15, 0.2) is 0 Å². The van der Waals surface area contributed by atoms with E-state index in [2.05, 4.69) is 5.32 Å². The molecular weight excluding hydrogens is 280 g/mol. The third kappa shape index (κ3) is 2.54. The van der Waals surface area contributed by atoms with Crippen molar-refractivity contribution in [2.75, 3.05) is 17.1 Å². The minimum absolute atomic E-state index is 0.00918. The number of rotatable bonds is 4. The molecule has 0 atom stereocenters. The maximum absolute atomic E-state index is 11.4. The minimum atomic E-state index is 0.00918. The SMILES string of the molecule is O=C1Cc2c(cc(Cl)c(CCCl)c2CCCl)N1. The Balaban J connectivity index is 2.53. The molecule has 1 N–H and O–H groups in total. The van der Waals surface area contributed by atoms with Crippen LogP contribution in [0.4, 0.5) is 5.69 Å². The summed E-state index contributed by atoms with van der Waals surface area (Å²) in [4.78, 5) is 11.4. The summed E-state index contributed by atoms with van der Waals surface area (Å²) in [5.41, 5.74) is 3.96. The summed E-state index contributed by atoms with van der Waals surface area (Å²) >= 11 is 17.8. The molecule has 1 aliphatic heterocycles. The van der Waals surface area contributed by atoms with Crippen molar-refractivity contribution in [1.29, 1.82) is 0 Å². The van der Waals surface area contributed by atoms with Crippen LogP contribution in [0, 0.1) is 0 Å². The normalized spacial score (nSPS) is 13.7. The molecule has 2 nitrogen and oxygen atoms in total. The molecule has 1 aromatic rings. The summed E-state index contributed by atoms with van der Waals surface area (Å²) in [7, 11) is 0. The molecule has 17 heavy (non-hydrogen) atoms. The van der Waals surface area contributed by atoms with Crippen molar-refractivity contribution in [2.24, 2.45) is 0 Å². The van der Waals surface area contributed by atoms with Gasteiger partial charge in [-0.1, -0.05) is 11.6 Å². The molecule has 0 unspecified atom stereocenters. The van der Waals surface area contributed by atoms with Crippen molar-refractivity contribution >= 4 is 46.4 Å². The molecule has 0 saturated carbocycles. The standard InChI is InChI=1S/C12H12Cl3NO/c13-3-1-7-8(2-4-14)10(15)6-11-9(7)5-12(17)16-11/h6H,1-5H2,(H,16,17). The van der Waals surface area contributed by atoms with Crippen LogP contribution in [-0.4, -0.2) is 17.7 Å². The Hall–Kier alpha value is -0.440. The molecule has 0 bridgehead atoms. The Morgan fingerprint density at radius 1 is 1.18 bits per heavy atom. The van der Waals surface area contributed by atoms with Gasteiger partial charge in [-0.2, -0.15) is 0 Å². The van der Waals surface area contributed by atoms with Crippen LogP contribution < -0.4 is 5.32 Å². The fraction of sp³-hybridized carbons (Fsp3) is 0.417. The highest BCUT2D eigenvalue weighted by Gasteiger charge is 2.24. The van der Waals surface area contributed by atoms with E-state index < -0.39 is 0 Å². The van der Waals surface area contributed by atoms with E-state index in [0.29, 0.717) is 36.0 Å². The lowest BCUT2D eigenvalue weighted by molar-refractivity contribution is -0.115. The van der Waals surface area contributed by atoms with Crippen LogP contribution in [0.1, 0.15) is 16.7 Å². The van der Waals surface area contributed by atoms with E-state index in [1.165, 1.54) is 0 Å². The summed E-state index contributed by atoms with van der Waals surface area (Å²) in [6.45, 7) is 0. The fourth-order valence-electron chi connectivity index (χ4n) is 2.22. The summed E-state index contributed by atoms with van der Waals surface area (Å²) < 4.78 is 0. The minimum Gasteiger partial charge on any atom is -0.325 e. The maximum atomic E-state index is 11.4. The van der Waals surface area contributed by atoms with E-state index in [-0.39, 0.29) is 5.91 Å². The average molecular weight is 293 g/mol. The zero-order valence-corrected chi connectivity index (χ0v) is 11.4. The number of anilines is 1. The van der Waals surface area contributed by atoms with Gasteiger partial charge in [0.25, 0.3) is 0 Å². The molecule has 1 aromatic carbocycles. The molecule has 2 rings (SSSR count). The second kappa shape index (κ2) is 5.47. The molecule has 1 amide bonds. The summed E-state index contributed by atoms with van der Waals surface area (Å²) in [6, 6.07) is 1.81. The smallest absolute Gasteiger partial charge is 0.228 e. The van der Waals surface area contributed by atoms with Gasteiger partial charge < -0.3 is 5.32 Å². The van der Waals surface area contributed by atoms with Gasteiger partial charge >= 0.3 is 0 Å². The lowest BCUT2D eigenvalue weighted by Gasteiger charge is -2.14. The van der Waals surface area contributed by atoms with Gasteiger partial charge in [-0.05, 0) is 35.6 Å². The van der Waals surface area contributed by atoms with Crippen molar-refractivity contribution in [1.82, 2.24) is 0 Å². The predicted molar refractivity (Wildman–Crippen MR) is 72.6 cm³/mol. The largest absolute Gasteiger partial charge is 0.325 e. The van der Waals surface area contributed by atoms with Crippen LogP contribution in [0.15, 0.2) is 6.07 Å². The van der Waals surface area contributed by atoms with Crippen LogP contribution in [0.5, 0.6) is 0 Å². The number of benzene rings is 1. The van der Waals surface area contributed by atoms with Gasteiger partial charge in [0.2, 0.25) is 5.91 Å². The topological polar surface area (TPSA) is 29.1 Å². The molecule has 0 aliphatic carbocycles. The number of hydrogen-bond donors (Lipinski definition) is 1. The predicted octanol–water partition coefficient (Wildman–Crippen LogP) is 3.40. The first-order valence-electron chi connectivity index (χ1n) is 5.42. The van der Waals surface area contributed by atoms with Gasteiger partial charge in [0.1, 0.15) is 0 Å². The average Bonchev–Trinajstić information content (AvgIpc) is 2.64. The number of carbonyl (C=O) groups excluding carboxylic acids is 1. The number of carbonyl (C=O) groups is 1. The number of halogens is 3. The van der Waals surface area contributed by atoms with E-state index in [9.17, 15) is 4.79 Å². The number of amides is 1. The molecule has 0 radical (unpaired) electrons. The van der Waals surface area contributed by atoms with Crippen molar-refractivity contribution in [3.63, 3.8) is 0 Å². The highest BCUT2D eigenvalue weighted by Crippen LogP contribution is 2.35. The first-order chi connectivity index (χ1) is 8.17. The Kier molecular flexibility index (Phi) is 4.18. The number of fused-ring (bicyclic) bond motifs is 1. The lowest BCUT2D eigenvalue weighted by Crippen LogP contribution is -2.04. The first-order valence-corrected chi connectivity index (χ1v) is 6.87. The van der Waals surface area contributed by atoms with Crippen LogP contribution in [0.2, 0.25) is 5.02 Å². The molecular formula is C12H12Cl3NO. The molecule has 1 heterocycles. The van der Waals surface area contributed by atoms with Gasteiger partial charge in [-0.15, -0.1) is 23.2 Å². The third-order valence-electron chi connectivity index (χ3n) is 2.91. The van der Waals surface area contributed by atoms with Crippen molar-refractivity contribution in [2.45, 2.75) is 19.3 Å². The summed E-state index contributed by atoms with van der Waals surface area (Å²) in [5, 5.41) is 3.47. The number of hydrogen-bond acceptors (Lipinski definition) is 1. The highest BCUT2D eigenvalue weighted by molar-refractivity contribution is 6.32. The second-order valence-corrected chi connectivity index (χ2v) is 5.11. The van der Waals surface area contributed by atoms with Crippen LogP contribution in [0.25, 0.3) is 0 Å². The number of nitrogens with one attached hydrogen (secondary N) is 1. The zero-order valence-electron chi connectivity index (χ0n) is 9.16. The van der Waals surface area contributed by atoms with E-state index in [1.807, 2.05) is 0 Å². The van der Waals surface area contributed by atoms with E-state index in [1.54, 1.807) is 6.07 Å². The van der Waals surface area contributed by atoms with Gasteiger partial charge in [0, 0.05) is 22.5 Å². The summed E-state index contributed by atoms with van der Waals surface area (Å²) in [5.74, 6) is 1.03. The second-order valence-electron chi connectivity index (χ2n) is 3.94. The Morgan fingerprint density at radius 2 is 1.82 bits per heavy atom. The van der Waals surface area contributed by atoms with Crippen molar-refractivity contribution in [3.8, 4) is 0 Å².